The summed E-state index contributed by atoms with van der Waals surface area (Å²) in [6.45, 7) is 9.55. The zero-order chi connectivity index (χ0) is 21.3. The van der Waals surface area contributed by atoms with E-state index in [0.29, 0.717) is 36.7 Å². The third-order valence-electron chi connectivity index (χ3n) is 8.07. The number of nitrogens with zero attached hydrogens (tertiary/aromatic N) is 4. The van der Waals surface area contributed by atoms with Gasteiger partial charge in [0.1, 0.15) is 0 Å². The molecule has 0 radical (unpaired) electrons. The Morgan fingerprint density at radius 1 is 1.19 bits per heavy atom. The van der Waals surface area contributed by atoms with Crippen LogP contribution in [0.1, 0.15) is 63.1 Å². The minimum absolute atomic E-state index is 0.238. The minimum atomic E-state index is -0.256. The molecule has 8 nitrogen and oxygen atoms in total. The quantitative estimate of drug-likeness (QED) is 0.705. The molecule has 4 fully saturated rings. The third-order valence-corrected chi connectivity index (χ3v) is 8.07. The Bertz CT molecular complexity index is 760. The van der Waals surface area contributed by atoms with Crippen molar-refractivity contribution in [2.75, 3.05) is 52.5 Å². The van der Waals surface area contributed by atoms with Gasteiger partial charge in [-0.05, 0) is 57.5 Å². The van der Waals surface area contributed by atoms with E-state index in [1.807, 2.05) is 0 Å². The lowest BCUT2D eigenvalue weighted by atomic mass is 9.61. The van der Waals surface area contributed by atoms with Gasteiger partial charge in [-0.2, -0.15) is 4.98 Å². The van der Waals surface area contributed by atoms with Gasteiger partial charge in [-0.3, -0.25) is 9.69 Å². The highest BCUT2D eigenvalue weighted by molar-refractivity contribution is 5.83. The normalized spacial score (nSPS) is 32.5. The van der Waals surface area contributed by atoms with Gasteiger partial charge >= 0.3 is 0 Å². The largest absolute Gasteiger partial charge is 0.379 e. The Morgan fingerprint density at radius 2 is 2.03 bits per heavy atom. The number of aromatic nitrogens is 2. The van der Waals surface area contributed by atoms with E-state index in [1.165, 1.54) is 0 Å². The molecule has 172 valence electrons. The number of carbonyl (C=O) groups is 1. The van der Waals surface area contributed by atoms with E-state index in [2.05, 4.69) is 32.2 Å². The van der Waals surface area contributed by atoms with Crippen LogP contribution in [0.15, 0.2) is 4.52 Å². The fraction of sp³-hybridized carbons (Fsp3) is 0.870. The topological polar surface area (TPSA) is 83.7 Å². The van der Waals surface area contributed by atoms with Crippen molar-refractivity contribution in [2.45, 2.75) is 63.8 Å². The van der Waals surface area contributed by atoms with Crippen LogP contribution < -0.4 is 5.32 Å². The first-order chi connectivity index (χ1) is 15.2. The Morgan fingerprint density at radius 3 is 2.81 bits per heavy atom. The summed E-state index contributed by atoms with van der Waals surface area (Å²) in [7, 11) is 0. The highest BCUT2D eigenvalue weighted by Gasteiger charge is 2.52. The van der Waals surface area contributed by atoms with Crippen molar-refractivity contribution in [1.29, 1.82) is 0 Å². The van der Waals surface area contributed by atoms with E-state index in [9.17, 15) is 4.79 Å². The van der Waals surface area contributed by atoms with Crippen molar-refractivity contribution in [3.05, 3.63) is 11.7 Å². The minimum Gasteiger partial charge on any atom is -0.379 e. The molecular weight excluding hydrogens is 394 g/mol. The number of ether oxygens (including phenoxy) is 1. The zero-order valence-electron chi connectivity index (χ0n) is 18.9. The molecule has 2 saturated carbocycles. The second kappa shape index (κ2) is 9.16. The number of morpholine rings is 1. The number of hydrogen-bond acceptors (Lipinski definition) is 7. The molecule has 5 rings (SSSR count). The molecule has 8 heteroatoms. The maximum atomic E-state index is 13.6. The van der Waals surface area contributed by atoms with Gasteiger partial charge in [0.05, 0.1) is 18.6 Å². The summed E-state index contributed by atoms with van der Waals surface area (Å²) >= 11 is 0. The lowest BCUT2D eigenvalue weighted by Crippen LogP contribution is -2.61. The molecule has 3 atom stereocenters. The summed E-state index contributed by atoms with van der Waals surface area (Å²) in [6, 6.07) is 0.600. The van der Waals surface area contributed by atoms with Gasteiger partial charge in [0.2, 0.25) is 11.8 Å². The maximum absolute atomic E-state index is 13.6. The standard InChI is InChI=1S/C23H37N5O3/c1-2-27-10-7-18-15-19(28-11-13-30-14-12-28)5-8-23(18,16-27)22(29)24-9-6-20-25-21(31-26-20)17-3-4-17/h17-19H,2-16H2,1H3,(H,24,29)/t18-,19+,23-/m1/s1. The first kappa shape index (κ1) is 21.3. The molecule has 31 heavy (non-hydrogen) atoms. The van der Waals surface area contributed by atoms with Crippen molar-refractivity contribution >= 4 is 5.91 Å². The van der Waals surface area contributed by atoms with Gasteiger partial charge in [0.25, 0.3) is 0 Å². The van der Waals surface area contributed by atoms with E-state index in [4.69, 9.17) is 9.26 Å². The molecule has 1 amide bonds. The van der Waals surface area contributed by atoms with Crippen molar-refractivity contribution < 1.29 is 14.1 Å². The van der Waals surface area contributed by atoms with E-state index in [0.717, 1.165) is 90.4 Å². The van der Waals surface area contributed by atoms with Crippen LogP contribution in [0.4, 0.5) is 0 Å². The average molecular weight is 432 g/mol. The van der Waals surface area contributed by atoms with Crippen LogP contribution in [0.5, 0.6) is 0 Å². The van der Waals surface area contributed by atoms with Gasteiger partial charge in [0, 0.05) is 44.6 Å². The molecule has 1 aromatic heterocycles. The molecule has 2 aliphatic heterocycles. The number of likely N-dealkylation sites (tertiary alicyclic amines) is 1. The van der Waals surface area contributed by atoms with E-state index in [1.54, 1.807) is 0 Å². The highest BCUT2D eigenvalue weighted by Crippen LogP contribution is 2.48. The average Bonchev–Trinajstić information content (AvgIpc) is 3.57. The number of piperidine rings is 1. The molecule has 0 spiro atoms. The summed E-state index contributed by atoms with van der Waals surface area (Å²) < 4.78 is 10.9. The van der Waals surface area contributed by atoms with E-state index < -0.39 is 0 Å². The van der Waals surface area contributed by atoms with Crippen LogP contribution in [0.2, 0.25) is 0 Å². The summed E-state index contributed by atoms with van der Waals surface area (Å²) in [6.07, 6.45) is 7.30. The van der Waals surface area contributed by atoms with Crippen LogP contribution in [-0.2, 0) is 16.0 Å². The molecule has 0 aromatic carbocycles. The predicted octanol–water partition coefficient (Wildman–Crippen LogP) is 1.82. The second-order valence-corrected chi connectivity index (χ2v) is 9.92. The lowest BCUT2D eigenvalue weighted by Gasteiger charge is -2.53. The zero-order valence-corrected chi connectivity index (χ0v) is 18.9. The molecule has 4 aliphatic rings. The van der Waals surface area contributed by atoms with Gasteiger partial charge < -0.3 is 19.5 Å². The summed E-state index contributed by atoms with van der Waals surface area (Å²) in [5.41, 5.74) is -0.256. The summed E-state index contributed by atoms with van der Waals surface area (Å²) in [5, 5.41) is 7.36. The van der Waals surface area contributed by atoms with E-state index in [-0.39, 0.29) is 11.3 Å². The fourth-order valence-corrected chi connectivity index (χ4v) is 5.96. The molecule has 1 N–H and O–H groups in total. The first-order valence-electron chi connectivity index (χ1n) is 12.3. The fourth-order valence-electron chi connectivity index (χ4n) is 5.96. The van der Waals surface area contributed by atoms with Gasteiger partial charge in [-0.1, -0.05) is 12.1 Å². The second-order valence-electron chi connectivity index (χ2n) is 9.92. The van der Waals surface area contributed by atoms with E-state index >= 15 is 0 Å². The first-order valence-corrected chi connectivity index (χ1v) is 12.3. The van der Waals surface area contributed by atoms with Gasteiger partial charge in [-0.25, -0.2) is 0 Å². The van der Waals surface area contributed by atoms with Crippen LogP contribution in [0.25, 0.3) is 0 Å². The van der Waals surface area contributed by atoms with Crippen molar-refractivity contribution in [1.82, 2.24) is 25.3 Å². The number of carbonyl (C=O) groups excluding carboxylic acids is 1. The van der Waals surface area contributed by atoms with Crippen LogP contribution in [-0.4, -0.2) is 84.4 Å². The molecule has 3 heterocycles. The number of nitrogens with one attached hydrogen (secondary N) is 1. The van der Waals surface area contributed by atoms with Crippen LogP contribution >= 0.6 is 0 Å². The lowest BCUT2D eigenvalue weighted by molar-refractivity contribution is -0.144. The smallest absolute Gasteiger partial charge is 0.229 e. The molecule has 1 aromatic rings. The molecule has 0 bridgehead atoms. The number of amides is 1. The van der Waals surface area contributed by atoms with Gasteiger partial charge in [0.15, 0.2) is 5.82 Å². The molecule has 0 unspecified atom stereocenters. The van der Waals surface area contributed by atoms with Crippen LogP contribution in [0, 0.1) is 11.3 Å². The number of fused-ring (bicyclic) bond motifs is 1. The maximum Gasteiger partial charge on any atom is 0.229 e. The monoisotopic (exact) mass is 431 g/mol. The molecule has 2 saturated heterocycles. The van der Waals surface area contributed by atoms with Crippen LogP contribution in [0.3, 0.4) is 0 Å². The van der Waals surface area contributed by atoms with Crippen molar-refractivity contribution in [3.63, 3.8) is 0 Å². The highest BCUT2D eigenvalue weighted by atomic mass is 16.5. The summed E-state index contributed by atoms with van der Waals surface area (Å²) in [5.74, 6) is 2.66. The summed E-state index contributed by atoms with van der Waals surface area (Å²) in [4.78, 5) is 23.1. The number of rotatable bonds is 7. The Labute approximate surface area is 185 Å². The SMILES string of the molecule is CCN1CC[C@@H]2C[C@@H](N3CCOCC3)CC[C@@]2(C(=O)NCCc2noc(C3CC3)n2)C1. The Kier molecular flexibility index (Phi) is 6.30. The molecular formula is C23H37N5O3. The Hall–Kier alpha value is -1.51. The Balaban J connectivity index is 1.21. The van der Waals surface area contributed by atoms with Crippen molar-refractivity contribution in [2.24, 2.45) is 11.3 Å². The molecule has 2 aliphatic carbocycles. The number of hydrogen-bond donors (Lipinski definition) is 1. The third kappa shape index (κ3) is 4.52. The predicted molar refractivity (Wildman–Crippen MR) is 116 cm³/mol. The van der Waals surface area contributed by atoms with Crippen molar-refractivity contribution in [3.8, 4) is 0 Å². The van der Waals surface area contributed by atoms with Gasteiger partial charge in [-0.15, -0.1) is 0 Å².